The Morgan fingerprint density at radius 1 is 1.00 bits per heavy atom. The summed E-state index contributed by atoms with van der Waals surface area (Å²) in [7, 11) is 0. The summed E-state index contributed by atoms with van der Waals surface area (Å²) in [6, 6.07) is 12.8. The predicted molar refractivity (Wildman–Crippen MR) is 91.9 cm³/mol. The average molecular weight is 326 g/mol. The molecule has 124 valence electrons. The highest BCUT2D eigenvalue weighted by atomic mass is 19.2. The Labute approximate surface area is 140 Å². The van der Waals surface area contributed by atoms with E-state index in [1.54, 1.807) is 12.1 Å². The van der Waals surface area contributed by atoms with Crippen LogP contribution in [0.2, 0.25) is 0 Å². The van der Waals surface area contributed by atoms with E-state index in [4.69, 9.17) is 0 Å². The molecular formula is C20H20F2N2. The summed E-state index contributed by atoms with van der Waals surface area (Å²) in [4.78, 5) is 5.56. The minimum absolute atomic E-state index is 0.445. The van der Waals surface area contributed by atoms with Gasteiger partial charge in [-0.15, -0.1) is 0 Å². The van der Waals surface area contributed by atoms with E-state index in [2.05, 4.69) is 34.3 Å². The summed E-state index contributed by atoms with van der Waals surface area (Å²) >= 11 is 0. The van der Waals surface area contributed by atoms with Crippen LogP contribution in [-0.2, 0) is 6.54 Å². The van der Waals surface area contributed by atoms with Gasteiger partial charge in [-0.1, -0.05) is 30.3 Å². The molecule has 2 nitrogen and oxygen atoms in total. The van der Waals surface area contributed by atoms with Crippen LogP contribution in [0.3, 0.4) is 0 Å². The number of benzene rings is 2. The fourth-order valence-electron chi connectivity index (χ4n) is 3.75. The quantitative estimate of drug-likeness (QED) is 0.731. The van der Waals surface area contributed by atoms with Crippen LogP contribution in [-0.4, -0.2) is 23.0 Å². The van der Waals surface area contributed by atoms with Crippen LogP contribution >= 0.6 is 0 Å². The van der Waals surface area contributed by atoms with Gasteiger partial charge in [-0.25, -0.2) is 8.78 Å². The van der Waals surface area contributed by atoms with Gasteiger partial charge in [-0.05, 0) is 49.5 Å². The van der Waals surface area contributed by atoms with Gasteiger partial charge in [0.05, 0.1) is 0 Å². The molecule has 0 aliphatic carbocycles. The molecule has 0 unspecified atom stereocenters. The van der Waals surface area contributed by atoms with E-state index < -0.39 is 11.6 Å². The number of H-pyrrole nitrogens is 1. The summed E-state index contributed by atoms with van der Waals surface area (Å²) in [6.45, 7) is 2.28. The van der Waals surface area contributed by atoms with Crippen molar-refractivity contribution < 1.29 is 8.78 Å². The van der Waals surface area contributed by atoms with Gasteiger partial charge in [0.15, 0.2) is 11.6 Å². The molecule has 0 saturated carbocycles. The molecule has 1 aliphatic rings. The van der Waals surface area contributed by atoms with Crippen LogP contribution in [0.5, 0.6) is 0 Å². The van der Waals surface area contributed by atoms with Gasteiger partial charge in [0.1, 0.15) is 0 Å². The van der Waals surface area contributed by atoms with Crippen LogP contribution in [0, 0.1) is 11.6 Å². The van der Waals surface area contributed by atoms with Crippen molar-refractivity contribution in [1.29, 1.82) is 0 Å². The Hall–Kier alpha value is -2.20. The average Bonchev–Trinajstić information content (AvgIpc) is 3.04. The standard InChI is InChI=1S/C20H20F2N2/c21-18-6-3-4-15(20(18)22)13-24-10-8-14(9-11-24)17-12-23-19-7-2-1-5-16(17)19/h1-7,12,14,23H,8-11,13H2. The Morgan fingerprint density at radius 3 is 2.62 bits per heavy atom. The maximum atomic E-state index is 13.8. The van der Waals surface area contributed by atoms with Crippen molar-refractivity contribution in [3.8, 4) is 0 Å². The first-order valence-electron chi connectivity index (χ1n) is 8.43. The Kier molecular flexibility index (Phi) is 4.07. The second kappa shape index (κ2) is 6.36. The number of nitrogens with zero attached hydrogens (tertiary/aromatic N) is 1. The molecule has 0 radical (unpaired) electrons. The molecule has 1 aromatic heterocycles. The van der Waals surface area contributed by atoms with E-state index in [1.807, 2.05) is 6.07 Å². The SMILES string of the molecule is Fc1cccc(CN2CCC(c3c[nH]c4ccccc34)CC2)c1F. The van der Waals surface area contributed by atoms with Gasteiger partial charge < -0.3 is 4.98 Å². The van der Waals surface area contributed by atoms with Gasteiger partial charge in [-0.3, -0.25) is 4.90 Å². The fraction of sp³-hybridized carbons (Fsp3) is 0.300. The van der Waals surface area contributed by atoms with Crippen molar-refractivity contribution in [2.45, 2.75) is 25.3 Å². The Morgan fingerprint density at radius 2 is 1.79 bits per heavy atom. The third-order valence-corrected chi connectivity index (χ3v) is 5.07. The van der Waals surface area contributed by atoms with Crippen molar-refractivity contribution in [3.05, 3.63) is 71.4 Å². The second-order valence-corrected chi connectivity index (χ2v) is 6.55. The molecule has 0 spiro atoms. The number of likely N-dealkylation sites (tertiary alicyclic amines) is 1. The molecule has 1 fully saturated rings. The van der Waals surface area contributed by atoms with Gasteiger partial charge >= 0.3 is 0 Å². The molecule has 1 saturated heterocycles. The number of fused-ring (bicyclic) bond motifs is 1. The minimum Gasteiger partial charge on any atom is -0.361 e. The van der Waals surface area contributed by atoms with Crippen molar-refractivity contribution >= 4 is 10.9 Å². The maximum Gasteiger partial charge on any atom is 0.163 e. The normalized spacial score (nSPS) is 16.8. The monoisotopic (exact) mass is 326 g/mol. The van der Waals surface area contributed by atoms with Crippen molar-refractivity contribution in [2.24, 2.45) is 0 Å². The summed E-state index contributed by atoms with van der Waals surface area (Å²) in [5.74, 6) is -0.952. The topological polar surface area (TPSA) is 19.0 Å². The lowest BCUT2D eigenvalue weighted by molar-refractivity contribution is 0.202. The van der Waals surface area contributed by atoms with Gasteiger partial charge in [0.25, 0.3) is 0 Å². The number of hydrogen-bond acceptors (Lipinski definition) is 1. The molecular weight excluding hydrogens is 306 g/mol. The first-order chi connectivity index (χ1) is 11.7. The van der Waals surface area contributed by atoms with Crippen molar-refractivity contribution in [2.75, 3.05) is 13.1 Å². The maximum absolute atomic E-state index is 13.8. The first kappa shape index (κ1) is 15.3. The summed E-state index contributed by atoms with van der Waals surface area (Å²) in [6.07, 6.45) is 4.20. The lowest BCUT2D eigenvalue weighted by Crippen LogP contribution is -2.32. The highest BCUT2D eigenvalue weighted by Crippen LogP contribution is 2.33. The number of aromatic amines is 1. The molecule has 0 atom stereocenters. The summed E-state index contributed by atoms with van der Waals surface area (Å²) < 4.78 is 27.2. The predicted octanol–water partition coefficient (Wildman–Crippen LogP) is 4.83. The minimum atomic E-state index is -0.763. The first-order valence-corrected chi connectivity index (χ1v) is 8.43. The van der Waals surface area contributed by atoms with Gasteiger partial charge in [0, 0.05) is 29.2 Å². The molecule has 1 N–H and O–H groups in total. The number of rotatable bonds is 3. The van der Waals surface area contributed by atoms with E-state index in [-0.39, 0.29) is 0 Å². The van der Waals surface area contributed by atoms with Crippen molar-refractivity contribution in [3.63, 3.8) is 0 Å². The number of halogens is 2. The second-order valence-electron chi connectivity index (χ2n) is 6.55. The number of aromatic nitrogens is 1. The van der Waals surface area contributed by atoms with Gasteiger partial charge in [-0.2, -0.15) is 0 Å². The number of para-hydroxylation sites is 1. The van der Waals surface area contributed by atoms with E-state index >= 15 is 0 Å². The number of piperidine rings is 1. The molecule has 0 bridgehead atoms. The lowest BCUT2D eigenvalue weighted by atomic mass is 9.89. The van der Waals surface area contributed by atoms with E-state index in [0.29, 0.717) is 18.0 Å². The molecule has 2 heterocycles. The third kappa shape index (κ3) is 2.82. The van der Waals surface area contributed by atoms with E-state index in [0.717, 1.165) is 25.9 Å². The Balaban J connectivity index is 1.44. The van der Waals surface area contributed by atoms with Crippen LogP contribution in [0.1, 0.15) is 29.9 Å². The molecule has 24 heavy (non-hydrogen) atoms. The number of hydrogen-bond donors (Lipinski definition) is 1. The van der Waals surface area contributed by atoms with E-state index in [9.17, 15) is 8.78 Å². The molecule has 2 aromatic carbocycles. The fourth-order valence-corrected chi connectivity index (χ4v) is 3.75. The highest BCUT2D eigenvalue weighted by molar-refractivity contribution is 5.83. The number of nitrogens with one attached hydrogen (secondary N) is 1. The molecule has 1 aliphatic heterocycles. The van der Waals surface area contributed by atoms with Crippen LogP contribution in [0.15, 0.2) is 48.7 Å². The highest BCUT2D eigenvalue weighted by Gasteiger charge is 2.23. The third-order valence-electron chi connectivity index (χ3n) is 5.07. The van der Waals surface area contributed by atoms with Crippen LogP contribution in [0.4, 0.5) is 8.78 Å². The van der Waals surface area contributed by atoms with Crippen LogP contribution < -0.4 is 0 Å². The summed E-state index contributed by atoms with van der Waals surface area (Å²) in [5, 5.41) is 1.30. The zero-order chi connectivity index (χ0) is 16.5. The zero-order valence-corrected chi connectivity index (χ0v) is 13.4. The smallest absolute Gasteiger partial charge is 0.163 e. The molecule has 3 aromatic rings. The van der Waals surface area contributed by atoms with Gasteiger partial charge in [0.2, 0.25) is 0 Å². The Bertz CT molecular complexity index is 848. The van der Waals surface area contributed by atoms with Crippen LogP contribution in [0.25, 0.3) is 10.9 Å². The molecule has 4 rings (SSSR count). The zero-order valence-electron chi connectivity index (χ0n) is 13.4. The van der Waals surface area contributed by atoms with E-state index in [1.165, 1.54) is 22.5 Å². The summed E-state index contributed by atoms with van der Waals surface area (Å²) in [5.41, 5.74) is 3.00. The molecule has 4 heteroatoms. The lowest BCUT2D eigenvalue weighted by Gasteiger charge is -2.32. The largest absolute Gasteiger partial charge is 0.361 e. The van der Waals surface area contributed by atoms with Crippen molar-refractivity contribution in [1.82, 2.24) is 9.88 Å². The molecule has 0 amide bonds.